The van der Waals surface area contributed by atoms with Crippen LogP contribution in [-0.2, 0) is 6.54 Å². The summed E-state index contributed by atoms with van der Waals surface area (Å²) in [6.07, 6.45) is 0. The van der Waals surface area contributed by atoms with Crippen LogP contribution in [0.25, 0.3) is 0 Å². The van der Waals surface area contributed by atoms with Gasteiger partial charge in [-0.3, -0.25) is 0 Å². The minimum absolute atomic E-state index is 0.0142. The first kappa shape index (κ1) is 14.2. The largest absolute Gasteiger partial charge is 0.453 e. The molecule has 0 aliphatic heterocycles. The molecule has 0 fully saturated rings. The van der Waals surface area contributed by atoms with Crippen LogP contribution < -0.4 is 10.5 Å². The molecule has 0 aromatic heterocycles. The van der Waals surface area contributed by atoms with Gasteiger partial charge in [-0.15, -0.1) is 0 Å². The molecule has 0 bridgehead atoms. The van der Waals surface area contributed by atoms with E-state index in [0.29, 0.717) is 10.0 Å². The lowest BCUT2D eigenvalue weighted by Crippen LogP contribution is -1.98. The van der Waals surface area contributed by atoms with E-state index in [4.69, 9.17) is 22.1 Å². The molecule has 0 radical (unpaired) electrons. The van der Waals surface area contributed by atoms with Crippen LogP contribution in [0.15, 0.2) is 34.8 Å². The summed E-state index contributed by atoms with van der Waals surface area (Å²) in [5.41, 5.74) is 6.05. The van der Waals surface area contributed by atoms with Crippen molar-refractivity contribution in [2.24, 2.45) is 5.73 Å². The monoisotopic (exact) mass is 347 g/mol. The van der Waals surface area contributed by atoms with Crippen molar-refractivity contribution >= 4 is 27.5 Å². The zero-order valence-corrected chi connectivity index (χ0v) is 11.9. The topological polar surface area (TPSA) is 35.2 Å². The van der Waals surface area contributed by atoms with Crippen LogP contribution in [0, 0.1) is 11.6 Å². The van der Waals surface area contributed by atoms with Gasteiger partial charge in [-0.2, -0.15) is 0 Å². The van der Waals surface area contributed by atoms with Gasteiger partial charge in [0.1, 0.15) is 11.6 Å². The van der Waals surface area contributed by atoms with E-state index in [1.807, 2.05) is 0 Å². The second-order valence-corrected chi connectivity index (χ2v) is 5.03. The number of halogens is 4. The van der Waals surface area contributed by atoms with E-state index in [1.165, 1.54) is 18.2 Å². The smallest absolute Gasteiger partial charge is 0.166 e. The molecule has 2 rings (SSSR count). The van der Waals surface area contributed by atoms with Gasteiger partial charge in [0.25, 0.3) is 0 Å². The van der Waals surface area contributed by atoms with Gasteiger partial charge < -0.3 is 10.5 Å². The molecule has 0 aliphatic rings. The number of ether oxygens (including phenoxy) is 1. The zero-order chi connectivity index (χ0) is 14.0. The summed E-state index contributed by atoms with van der Waals surface area (Å²) in [5, 5.41) is -0.0434. The molecule has 0 saturated carbocycles. The van der Waals surface area contributed by atoms with Gasteiger partial charge >= 0.3 is 0 Å². The summed E-state index contributed by atoms with van der Waals surface area (Å²) in [7, 11) is 0. The van der Waals surface area contributed by atoms with E-state index < -0.39 is 11.6 Å². The first-order valence-electron chi connectivity index (χ1n) is 5.32. The lowest BCUT2D eigenvalue weighted by Gasteiger charge is -2.10. The van der Waals surface area contributed by atoms with E-state index in [0.717, 1.165) is 6.07 Å². The van der Waals surface area contributed by atoms with Crippen LogP contribution in [0.4, 0.5) is 8.78 Å². The molecule has 6 heteroatoms. The first-order chi connectivity index (χ1) is 9.01. The Morgan fingerprint density at radius 2 is 1.84 bits per heavy atom. The molecule has 0 saturated heterocycles. The average molecular weight is 349 g/mol. The van der Waals surface area contributed by atoms with Crippen LogP contribution in [0.1, 0.15) is 5.56 Å². The van der Waals surface area contributed by atoms with E-state index in [1.54, 1.807) is 6.07 Å². The summed E-state index contributed by atoms with van der Waals surface area (Å²) in [6.45, 7) is 0.233. The minimum Gasteiger partial charge on any atom is -0.453 e. The third kappa shape index (κ3) is 3.23. The summed E-state index contributed by atoms with van der Waals surface area (Å²) in [4.78, 5) is 0. The predicted molar refractivity (Wildman–Crippen MR) is 73.5 cm³/mol. The molecule has 2 aromatic carbocycles. The van der Waals surface area contributed by atoms with Crippen molar-refractivity contribution in [1.29, 1.82) is 0 Å². The first-order valence-corrected chi connectivity index (χ1v) is 6.49. The Hall–Kier alpha value is -1.17. The minimum atomic E-state index is -0.640. The normalized spacial score (nSPS) is 10.6. The molecule has 0 heterocycles. The third-order valence-corrected chi connectivity index (χ3v) is 3.34. The second kappa shape index (κ2) is 5.86. The van der Waals surface area contributed by atoms with Crippen LogP contribution in [0.3, 0.4) is 0 Å². The third-order valence-electron chi connectivity index (χ3n) is 2.43. The zero-order valence-electron chi connectivity index (χ0n) is 9.59. The van der Waals surface area contributed by atoms with Crippen molar-refractivity contribution < 1.29 is 13.5 Å². The van der Waals surface area contributed by atoms with Crippen molar-refractivity contribution in [2.45, 2.75) is 6.54 Å². The number of nitrogens with two attached hydrogens (primary N) is 1. The van der Waals surface area contributed by atoms with Crippen molar-refractivity contribution in [3.8, 4) is 11.5 Å². The highest BCUT2D eigenvalue weighted by atomic mass is 79.9. The van der Waals surface area contributed by atoms with Crippen molar-refractivity contribution in [2.75, 3.05) is 0 Å². The molecule has 0 amide bonds. The van der Waals surface area contributed by atoms with Crippen LogP contribution >= 0.6 is 27.5 Å². The highest BCUT2D eigenvalue weighted by Crippen LogP contribution is 2.34. The van der Waals surface area contributed by atoms with Gasteiger partial charge in [0.15, 0.2) is 11.6 Å². The Kier molecular flexibility index (Phi) is 4.39. The molecule has 19 heavy (non-hydrogen) atoms. The number of rotatable bonds is 3. The number of hydrogen-bond donors (Lipinski definition) is 1. The van der Waals surface area contributed by atoms with E-state index in [-0.39, 0.29) is 23.1 Å². The molecule has 2 N–H and O–H groups in total. The average Bonchev–Trinajstić information content (AvgIpc) is 2.38. The van der Waals surface area contributed by atoms with Gasteiger partial charge in [-0.25, -0.2) is 8.78 Å². The highest BCUT2D eigenvalue weighted by molar-refractivity contribution is 9.10. The predicted octanol–water partition coefficient (Wildman–Crippen LogP) is 4.63. The Bertz CT molecular complexity index is 622. The van der Waals surface area contributed by atoms with E-state index in [9.17, 15) is 8.78 Å². The molecule has 2 aromatic rings. The molecular weight excluding hydrogens is 340 g/mol. The summed E-state index contributed by atoms with van der Waals surface area (Å²) < 4.78 is 32.8. The van der Waals surface area contributed by atoms with Gasteiger partial charge in [-0.05, 0) is 39.7 Å². The maximum atomic E-state index is 13.7. The highest BCUT2D eigenvalue weighted by Gasteiger charge is 2.11. The molecule has 0 unspecified atom stereocenters. The van der Waals surface area contributed by atoms with Crippen molar-refractivity contribution in [3.63, 3.8) is 0 Å². The molecule has 0 spiro atoms. The fraction of sp³-hybridized carbons (Fsp3) is 0.0769. The van der Waals surface area contributed by atoms with Crippen molar-refractivity contribution in [1.82, 2.24) is 0 Å². The summed E-state index contributed by atoms with van der Waals surface area (Å²) >= 11 is 8.78. The lowest BCUT2D eigenvalue weighted by molar-refractivity contribution is 0.436. The van der Waals surface area contributed by atoms with Gasteiger partial charge in [0, 0.05) is 12.6 Å². The Balaban J connectivity index is 2.33. The Morgan fingerprint density at radius 3 is 2.47 bits per heavy atom. The Labute approximate surface area is 122 Å². The van der Waals surface area contributed by atoms with Crippen LogP contribution in [0.5, 0.6) is 11.5 Å². The van der Waals surface area contributed by atoms with E-state index in [2.05, 4.69) is 15.9 Å². The molecule has 100 valence electrons. The summed E-state index contributed by atoms with van der Waals surface area (Å²) in [6, 6.07) is 6.78. The molecule has 0 atom stereocenters. The van der Waals surface area contributed by atoms with Gasteiger partial charge in [-0.1, -0.05) is 17.7 Å². The maximum Gasteiger partial charge on any atom is 0.166 e. The van der Waals surface area contributed by atoms with Crippen molar-refractivity contribution in [3.05, 3.63) is 57.0 Å². The standard InChI is InChI=1S/C13H9BrClF2NO/c14-8-4-9(15)10(16)5-13(8)19-12-2-1-7(6-18)3-11(12)17/h1-5H,6,18H2. The van der Waals surface area contributed by atoms with Crippen LogP contribution in [0.2, 0.25) is 5.02 Å². The molecule has 0 aliphatic carbocycles. The van der Waals surface area contributed by atoms with Gasteiger partial charge in [0.05, 0.1) is 9.50 Å². The quantitative estimate of drug-likeness (QED) is 0.821. The number of hydrogen-bond acceptors (Lipinski definition) is 2. The van der Waals surface area contributed by atoms with Crippen LogP contribution in [-0.4, -0.2) is 0 Å². The number of benzene rings is 2. The molecule has 2 nitrogen and oxygen atoms in total. The SMILES string of the molecule is NCc1ccc(Oc2cc(F)c(Cl)cc2Br)c(F)c1. The lowest BCUT2D eigenvalue weighted by atomic mass is 10.2. The Morgan fingerprint density at radius 1 is 1.11 bits per heavy atom. The van der Waals surface area contributed by atoms with Gasteiger partial charge in [0.2, 0.25) is 0 Å². The summed E-state index contributed by atoms with van der Waals surface area (Å²) in [5.74, 6) is -1.08. The maximum absolute atomic E-state index is 13.7. The fourth-order valence-electron chi connectivity index (χ4n) is 1.46. The fourth-order valence-corrected chi connectivity index (χ4v) is 2.17. The van der Waals surface area contributed by atoms with E-state index >= 15 is 0 Å². The molecular formula is C13H9BrClF2NO. The second-order valence-electron chi connectivity index (χ2n) is 3.77.